The number of hydrogen-bond donors (Lipinski definition) is 0. The van der Waals surface area contributed by atoms with E-state index in [2.05, 4.69) is 4.98 Å². The summed E-state index contributed by atoms with van der Waals surface area (Å²) in [5, 5.41) is 8.67. The molecule has 19 heavy (non-hydrogen) atoms. The quantitative estimate of drug-likeness (QED) is 0.819. The van der Waals surface area contributed by atoms with Crippen LogP contribution in [0.1, 0.15) is 24.8 Å². The molecule has 2 heterocycles. The number of pyridine rings is 1. The first-order valence-electron chi connectivity index (χ1n) is 6.58. The van der Waals surface area contributed by atoms with E-state index in [1.165, 1.54) is 12.6 Å². The molecule has 5 heteroatoms. The Labute approximate surface area is 111 Å². The van der Waals surface area contributed by atoms with Crippen LogP contribution in [0.15, 0.2) is 18.3 Å². The number of carbonyl (C=O) groups excluding carboxylic acids is 1. The minimum absolute atomic E-state index is 0.0319. The minimum atomic E-state index is 0.0319. The SMILES string of the molecule is N#Cc1ccc(OC2CN(C(=O)C3CCC3)C2)nc1. The molecule has 2 fully saturated rings. The van der Waals surface area contributed by atoms with E-state index < -0.39 is 0 Å². The van der Waals surface area contributed by atoms with Crippen molar-refractivity contribution in [1.82, 2.24) is 9.88 Å². The third-order valence-corrected chi connectivity index (χ3v) is 3.77. The molecule has 2 aliphatic rings. The number of nitrogens with zero attached hydrogens (tertiary/aromatic N) is 3. The van der Waals surface area contributed by atoms with Crippen molar-refractivity contribution in [2.75, 3.05) is 13.1 Å². The first kappa shape index (κ1) is 12.0. The highest BCUT2D eigenvalue weighted by atomic mass is 16.5. The van der Waals surface area contributed by atoms with Crippen molar-refractivity contribution in [3.8, 4) is 11.9 Å². The van der Waals surface area contributed by atoms with Gasteiger partial charge in [0, 0.05) is 18.2 Å². The summed E-state index contributed by atoms with van der Waals surface area (Å²) in [6, 6.07) is 5.38. The molecule has 0 N–H and O–H groups in total. The Morgan fingerprint density at radius 3 is 2.74 bits per heavy atom. The van der Waals surface area contributed by atoms with Gasteiger partial charge in [-0.15, -0.1) is 0 Å². The van der Waals surface area contributed by atoms with Crippen LogP contribution in [0.2, 0.25) is 0 Å². The molecule has 1 aromatic rings. The van der Waals surface area contributed by atoms with E-state index in [-0.39, 0.29) is 17.9 Å². The molecule has 0 aromatic carbocycles. The summed E-state index contributed by atoms with van der Waals surface area (Å²) in [7, 11) is 0. The largest absolute Gasteiger partial charge is 0.471 e. The van der Waals surface area contributed by atoms with Crippen LogP contribution in [0, 0.1) is 17.2 Å². The molecule has 0 spiro atoms. The molecule has 1 amide bonds. The fourth-order valence-electron chi connectivity index (χ4n) is 2.29. The number of ether oxygens (including phenoxy) is 1. The number of nitriles is 1. The topological polar surface area (TPSA) is 66.2 Å². The summed E-state index contributed by atoms with van der Waals surface area (Å²) in [5.41, 5.74) is 0.516. The molecular formula is C14H15N3O2. The third-order valence-electron chi connectivity index (χ3n) is 3.77. The molecule has 1 saturated heterocycles. The van der Waals surface area contributed by atoms with Gasteiger partial charge in [-0.1, -0.05) is 6.42 Å². The van der Waals surface area contributed by atoms with Crippen LogP contribution < -0.4 is 4.74 Å². The fraction of sp³-hybridized carbons (Fsp3) is 0.500. The summed E-state index contributed by atoms with van der Waals surface area (Å²) in [6.07, 6.45) is 4.78. The Morgan fingerprint density at radius 2 is 2.21 bits per heavy atom. The van der Waals surface area contributed by atoms with Gasteiger partial charge in [-0.05, 0) is 18.9 Å². The Bertz CT molecular complexity index is 510. The van der Waals surface area contributed by atoms with Gasteiger partial charge < -0.3 is 9.64 Å². The van der Waals surface area contributed by atoms with Gasteiger partial charge in [-0.25, -0.2) is 4.98 Å². The Hall–Kier alpha value is -2.09. The number of rotatable bonds is 3. The maximum absolute atomic E-state index is 11.9. The summed E-state index contributed by atoms with van der Waals surface area (Å²) in [6.45, 7) is 1.30. The number of aromatic nitrogens is 1. The number of carbonyl (C=O) groups is 1. The molecule has 3 rings (SSSR count). The second-order valence-corrected chi connectivity index (χ2v) is 5.11. The predicted octanol–water partition coefficient (Wildman–Crippen LogP) is 1.34. The summed E-state index contributed by atoms with van der Waals surface area (Å²) >= 11 is 0. The molecule has 5 nitrogen and oxygen atoms in total. The summed E-state index contributed by atoms with van der Waals surface area (Å²) in [5.74, 6) is 1.05. The van der Waals surface area contributed by atoms with Gasteiger partial charge >= 0.3 is 0 Å². The van der Waals surface area contributed by atoms with Crippen LogP contribution in [0.25, 0.3) is 0 Å². The smallest absolute Gasteiger partial charge is 0.225 e. The molecule has 1 aromatic heterocycles. The van der Waals surface area contributed by atoms with Crippen molar-refractivity contribution in [3.63, 3.8) is 0 Å². The molecular weight excluding hydrogens is 242 g/mol. The van der Waals surface area contributed by atoms with Crippen LogP contribution in [-0.2, 0) is 4.79 Å². The van der Waals surface area contributed by atoms with Crippen LogP contribution in [0.5, 0.6) is 5.88 Å². The molecule has 1 saturated carbocycles. The summed E-state index contributed by atoms with van der Waals surface area (Å²) in [4.78, 5) is 17.8. The monoisotopic (exact) mass is 257 g/mol. The van der Waals surface area contributed by atoms with E-state index in [0.717, 1.165) is 12.8 Å². The van der Waals surface area contributed by atoms with Gasteiger partial charge in [0.05, 0.1) is 18.7 Å². The average Bonchev–Trinajstić information content (AvgIpc) is 2.31. The second-order valence-electron chi connectivity index (χ2n) is 5.11. The predicted molar refractivity (Wildman–Crippen MR) is 67.3 cm³/mol. The zero-order valence-corrected chi connectivity index (χ0v) is 10.6. The molecule has 1 aliphatic heterocycles. The van der Waals surface area contributed by atoms with Crippen molar-refractivity contribution < 1.29 is 9.53 Å². The lowest BCUT2D eigenvalue weighted by atomic mass is 9.83. The van der Waals surface area contributed by atoms with Crippen molar-refractivity contribution in [2.45, 2.75) is 25.4 Å². The third kappa shape index (κ3) is 2.39. The van der Waals surface area contributed by atoms with Crippen molar-refractivity contribution >= 4 is 5.91 Å². The van der Waals surface area contributed by atoms with Crippen LogP contribution in [0.4, 0.5) is 0 Å². The van der Waals surface area contributed by atoms with Crippen LogP contribution in [0.3, 0.4) is 0 Å². The lowest BCUT2D eigenvalue weighted by molar-refractivity contribution is -0.147. The van der Waals surface area contributed by atoms with Gasteiger partial charge in [-0.2, -0.15) is 5.26 Å². The van der Waals surface area contributed by atoms with Crippen LogP contribution >= 0.6 is 0 Å². The molecule has 0 bridgehead atoms. The lowest BCUT2D eigenvalue weighted by Crippen LogP contribution is -2.58. The van der Waals surface area contributed by atoms with E-state index >= 15 is 0 Å². The van der Waals surface area contributed by atoms with Crippen LogP contribution in [-0.4, -0.2) is 35.0 Å². The Kier molecular flexibility index (Phi) is 3.08. The van der Waals surface area contributed by atoms with Gasteiger partial charge in [0.25, 0.3) is 0 Å². The van der Waals surface area contributed by atoms with Crippen molar-refractivity contribution in [3.05, 3.63) is 23.9 Å². The number of hydrogen-bond acceptors (Lipinski definition) is 4. The molecule has 1 aliphatic carbocycles. The van der Waals surface area contributed by atoms with Gasteiger partial charge in [0.1, 0.15) is 12.2 Å². The highest BCUT2D eigenvalue weighted by Crippen LogP contribution is 2.30. The minimum Gasteiger partial charge on any atom is -0.471 e. The fourth-order valence-corrected chi connectivity index (χ4v) is 2.29. The number of amides is 1. The van der Waals surface area contributed by atoms with E-state index in [9.17, 15) is 4.79 Å². The lowest BCUT2D eigenvalue weighted by Gasteiger charge is -2.42. The molecule has 0 atom stereocenters. The average molecular weight is 257 g/mol. The molecule has 0 radical (unpaired) electrons. The van der Waals surface area contributed by atoms with Crippen molar-refractivity contribution in [1.29, 1.82) is 5.26 Å². The highest BCUT2D eigenvalue weighted by molar-refractivity contribution is 5.80. The van der Waals surface area contributed by atoms with Gasteiger partial charge in [0.2, 0.25) is 11.8 Å². The second kappa shape index (κ2) is 4.88. The Morgan fingerprint density at radius 1 is 1.42 bits per heavy atom. The normalized spacial score (nSPS) is 19.2. The highest BCUT2D eigenvalue weighted by Gasteiger charge is 2.37. The van der Waals surface area contributed by atoms with Crippen molar-refractivity contribution in [2.24, 2.45) is 5.92 Å². The number of likely N-dealkylation sites (tertiary alicyclic amines) is 1. The van der Waals surface area contributed by atoms with E-state index in [4.69, 9.17) is 10.00 Å². The van der Waals surface area contributed by atoms with E-state index in [0.29, 0.717) is 24.5 Å². The van der Waals surface area contributed by atoms with Gasteiger partial charge in [-0.3, -0.25) is 4.79 Å². The molecule has 0 unspecified atom stereocenters. The summed E-state index contributed by atoms with van der Waals surface area (Å²) < 4.78 is 5.65. The van der Waals surface area contributed by atoms with Gasteiger partial charge in [0.15, 0.2) is 0 Å². The maximum Gasteiger partial charge on any atom is 0.225 e. The standard InChI is InChI=1S/C14H15N3O2/c15-6-10-4-5-13(16-7-10)19-12-8-17(9-12)14(18)11-2-1-3-11/h4-5,7,11-12H,1-3,8-9H2. The first-order valence-corrected chi connectivity index (χ1v) is 6.58. The van der Waals surface area contributed by atoms with E-state index in [1.54, 1.807) is 12.1 Å². The molecule has 98 valence electrons. The van der Waals surface area contributed by atoms with E-state index in [1.807, 2.05) is 11.0 Å². The maximum atomic E-state index is 11.9. The zero-order chi connectivity index (χ0) is 13.2. The first-order chi connectivity index (χ1) is 9.26. The Balaban J connectivity index is 1.48. The zero-order valence-electron chi connectivity index (χ0n) is 10.6.